The highest BCUT2D eigenvalue weighted by atomic mass is 16.5. The molecule has 1 aliphatic carbocycles. The molecular formula is C20H26N4O4. The van der Waals surface area contributed by atoms with E-state index < -0.39 is 12.1 Å². The summed E-state index contributed by atoms with van der Waals surface area (Å²) in [7, 11) is 0. The van der Waals surface area contributed by atoms with Gasteiger partial charge < -0.3 is 20.3 Å². The molecule has 0 aromatic carbocycles. The van der Waals surface area contributed by atoms with Gasteiger partial charge in [0.05, 0.1) is 28.8 Å². The smallest absolute Gasteiger partial charge is 0.405 e. The minimum atomic E-state index is -1.18. The molecule has 2 aromatic rings. The maximum absolute atomic E-state index is 12.8. The van der Waals surface area contributed by atoms with Crippen LogP contribution in [0.5, 0.6) is 0 Å². The Morgan fingerprint density at radius 1 is 1.18 bits per heavy atom. The molecule has 3 N–H and O–H groups in total. The van der Waals surface area contributed by atoms with Crippen molar-refractivity contribution in [3.8, 4) is 11.3 Å². The first-order chi connectivity index (χ1) is 13.5. The lowest BCUT2D eigenvalue weighted by molar-refractivity contribution is -0.119. The van der Waals surface area contributed by atoms with Gasteiger partial charge >= 0.3 is 6.09 Å². The van der Waals surface area contributed by atoms with Crippen LogP contribution < -0.4 is 10.6 Å². The van der Waals surface area contributed by atoms with E-state index in [0.717, 1.165) is 49.8 Å². The second-order valence-electron chi connectivity index (χ2n) is 7.30. The molecule has 8 nitrogen and oxygen atoms in total. The fourth-order valence-electron chi connectivity index (χ4n) is 3.86. The van der Waals surface area contributed by atoms with E-state index in [2.05, 4.69) is 20.8 Å². The van der Waals surface area contributed by atoms with Crippen LogP contribution in [-0.2, 0) is 4.79 Å². The zero-order valence-electron chi connectivity index (χ0n) is 16.2. The molecule has 150 valence electrons. The number of carbonyl (C=O) groups is 2. The first kappa shape index (κ1) is 19.9. The quantitative estimate of drug-likeness (QED) is 0.671. The van der Waals surface area contributed by atoms with Crippen LogP contribution in [0.25, 0.3) is 11.3 Å². The van der Waals surface area contributed by atoms with Gasteiger partial charge in [-0.05, 0) is 44.7 Å². The second kappa shape index (κ2) is 8.86. The summed E-state index contributed by atoms with van der Waals surface area (Å²) < 4.78 is 5.17. The van der Waals surface area contributed by atoms with Crippen LogP contribution in [0.2, 0.25) is 0 Å². The van der Waals surface area contributed by atoms with Gasteiger partial charge in [0.2, 0.25) is 5.91 Å². The summed E-state index contributed by atoms with van der Waals surface area (Å²) in [6.07, 6.45) is 6.37. The number of anilines is 1. The maximum atomic E-state index is 12.8. The molecule has 8 heteroatoms. The predicted octanol–water partition coefficient (Wildman–Crippen LogP) is 3.90. The van der Waals surface area contributed by atoms with Crippen LogP contribution in [0, 0.1) is 19.8 Å². The number of amides is 2. The summed E-state index contributed by atoms with van der Waals surface area (Å²) in [6, 6.07) is 2.77. The van der Waals surface area contributed by atoms with Gasteiger partial charge in [0.1, 0.15) is 11.8 Å². The van der Waals surface area contributed by atoms with Crippen LogP contribution >= 0.6 is 0 Å². The molecule has 0 unspecified atom stereocenters. The van der Waals surface area contributed by atoms with Crippen molar-refractivity contribution in [3.63, 3.8) is 0 Å². The third kappa shape index (κ3) is 4.68. The highest BCUT2D eigenvalue weighted by Crippen LogP contribution is 2.28. The Morgan fingerprint density at radius 3 is 2.43 bits per heavy atom. The van der Waals surface area contributed by atoms with Crippen molar-refractivity contribution in [1.82, 2.24) is 15.5 Å². The Kier molecular flexibility index (Phi) is 6.28. The first-order valence-corrected chi connectivity index (χ1v) is 9.65. The molecule has 2 aromatic heterocycles. The molecule has 0 spiro atoms. The predicted molar refractivity (Wildman–Crippen MR) is 104 cm³/mol. The molecule has 0 radical (unpaired) electrons. The number of nitrogens with zero attached hydrogens (tertiary/aromatic N) is 2. The fraction of sp³-hybridized carbons (Fsp3) is 0.500. The van der Waals surface area contributed by atoms with Crippen LogP contribution in [0.4, 0.5) is 10.5 Å². The summed E-state index contributed by atoms with van der Waals surface area (Å²) in [6.45, 7) is 3.67. The average Bonchev–Trinajstić information content (AvgIpc) is 2.86. The summed E-state index contributed by atoms with van der Waals surface area (Å²) in [5.41, 5.74) is 2.81. The summed E-state index contributed by atoms with van der Waals surface area (Å²) >= 11 is 0. The van der Waals surface area contributed by atoms with E-state index in [1.54, 1.807) is 18.3 Å². The molecule has 0 aliphatic heterocycles. The molecule has 28 heavy (non-hydrogen) atoms. The van der Waals surface area contributed by atoms with E-state index >= 15 is 0 Å². The lowest BCUT2D eigenvalue weighted by atomic mass is 9.91. The van der Waals surface area contributed by atoms with Crippen molar-refractivity contribution in [1.29, 1.82) is 0 Å². The SMILES string of the molecule is Cc1noc(C)c1-c1ccc(NC(=O)[C@@H](NC(=O)O)C2CCCCCC2)cn1. The van der Waals surface area contributed by atoms with Crippen LogP contribution in [-0.4, -0.2) is 33.3 Å². The molecule has 1 saturated carbocycles. The molecule has 2 amide bonds. The molecule has 3 rings (SSSR count). The Balaban J connectivity index is 1.73. The monoisotopic (exact) mass is 386 g/mol. The van der Waals surface area contributed by atoms with Crippen LogP contribution in [0.15, 0.2) is 22.9 Å². The maximum Gasteiger partial charge on any atom is 0.405 e. The fourth-order valence-corrected chi connectivity index (χ4v) is 3.86. The lowest BCUT2D eigenvalue weighted by Crippen LogP contribution is -2.48. The Labute approximate surface area is 163 Å². The zero-order valence-corrected chi connectivity index (χ0v) is 16.2. The molecule has 1 aliphatic rings. The Morgan fingerprint density at radius 2 is 1.89 bits per heavy atom. The Hall–Kier alpha value is -2.90. The number of hydrogen-bond acceptors (Lipinski definition) is 5. The van der Waals surface area contributed by atoms with Crippen LogP contribution in [0.1, 0.15) is 50.0 Å². The van der Waals surface area contributed by atoms with Crippen molar-refractivity contribution in [2.45, 2.75) is 58.4 Å². The molecule has 2 heterocycles. The van der Waals surface area contributed by atoms with Crippen molar-refractivity contribution < 1.29 is 19.2 Å². The number of rotatable bonds is 5. The van der Waals surface area contributed by atoms with E-state index in [4.69, 9.17) is 4.52 Å². The number of aryl methyl sites for hydroxylation is 2. The minimum Gasteiger partial charge on any atom is -0.465 e. The van der Waals surface area contributed by atoms with Crippen LogP contribution in [0.3, 0.4) is 0 Å². The third-order valence-corrected chi connectivity index (χ3v) is 5.25. The summed E-state index contributed by atoms with van der Waals surface area (Å²) in [5, 5.41) is 18.3. The molecule has 0 bridgehead atoms. The number of pyridine rings is 1. The van der Waals surface area contributed by atoms with Gasteiger partial charge in [-0.25, -0.2) is 4.79 Å². The summed E-state index contributed by atoms with van der Waals surface area (Å²) in [5.74, 6) is 0.343. The first-order valence-electron chi connectivity index (χ1n) is 9.65. The van der Waals surface area contributed by atoms with E-state index in [1.165, 1.54) is 0 Å². The number of carboxylic acid groups (broad SMARTS) is 1. The van der Waals surface area contributed by atoms with Gasteiger partial charge in [0.15, 0.2) is 0 Å². The zero-order chi connectivity index (χ0) is 20.1. The molecule has 1 fully saturated rings. The van der Waals surface area contributed by atoms with Crippen molar-refractivity contribution in [2.75, 3.05) is 5.32 Å². The average molecular weight is 386 g/mol. The van der Waals surface area contributed by atoms with Gasteiger partial charge in [-0.1, -0.05) is 30.8 Å². The normalized spacial score (nSPS) is 16.2. The van der Waals surface area contributed by atoms with Gasteiger partial charge in [-0.2, -0.15) is 0 Å². The molecule has 1 atom stereocenters. The van der Waals surface area contributed by atoms with Gasteiger partial charge in [0.25, 0.3) is 0 Å². The van der Waals surface area contributed by atoms with Gasteiger partial charge in [0, 0.05) is 0 Å². The van der Waals surface area contributed by atoms with E-state index in [0.29, 0.717) is 17.1 Å². The summed E-state index contributed by atoms with van der Waals surface area (Å²) in [4.78, 5) is 28.4. The highest BCUT2D eigenvalue weighted by molar-refractivity contribution is 5.96. The number of hydrogen-bond donors (Lipinski definition) is 3. The number of carbonyl (C=O) groups excluding carboxylic acids is 1. The highest BCUT2D eigenvalue weighted by Gasteiger charge is 2.30. The number of nitrogens with one attached hydrogen (secondary N) is 2. The lowest BCUT2D eigenvalue weighted by Gasteiger charge is -2.25. The van der Waals surface area contributed by atoms with Crippen molar-refractivity contribution in [3.05, 3.63) is 29.8 Å². The topological polar surface area (TPSA) is 117 Å². The van der Waals surface area contributed by atoms with Gasteiger partial charge in [-0.15, -0.1) is 0 Å². The third-order valence-electron chi connectivity index (χ3n) is 5.25. The minimum absolute atomic E-state index is 0.00753. The molecule has 0 saturated heterocycles. The van der Waals surface area contributed by atoms with E-state index in [9.17, 15) is 14.7 Å². The van der Waals surface area contributed by atoms with Crippen molar-refractivity contribution in [2.24, 2.45) is 5.92 Å². The largest absolute Gasteiger partial charge is 0.465 e. The van der Waals surface area contributed by atoms with E-state index in [1.807, 2.05) is 13.8 Å². The second-order valence-corrected chi connectivity index (χ2v) is 7.30. The van der Waals surface area contributed by atoms with Gasteiger partial charge in [-0.3, -0.25) is 9.78 Å². The number of aromatic nitrogens is 2. The van der Waals surface area contributed by atoms with Crippen molar-refractivity contribution >= 4 is 17.7 Å². The standard InChI is InChI=1S/C20H26N4O4/c1-12-17(13(2)28-24-12)16-10-9-15(11-21-16)22-19(25)18(23-20(26)27)14-7-5-3-4-6-8-14/h9-11,14,18,23H,3-8H2,1-2H3,(H,22,25)(H,26,27)/t18-/m0/s1. The van der Waals surface area contributed by atoms with E-state index in [-0.39, 0.29) is 11.8 Å². The molecular weight excluding hydrogens is 360 g/mol. The Bertz CT molecular complexity index is 804.